The number of amides is 1. The van der Waals surface area contributed by atoms with Gasteiger partial charge in [-0.2, -0.15) is 0 Å². The molecule has 0 saturated heterocycles. The molecule has 29 heavy (non-hydrogen) atoms. The number of rotatable bonds is 5. The van der Waals surface area contributed by atoms with E-state index >= 15 is 0 Å². The molecule has 0 spiro atoms. The first-order valence-electron chi connectivity index (χ1n) is 7.25. The van der Waals surface area contributed by atoms with Gasteiger partial charge in [-0.25, -0.2) is 0 Å². The Bertz CT molecular complexity index is 417. The number of hydrogen-bond acceptors (Lipinski definition) is 10. The van der Waals surface area contributed by atoms with Gasteiger partial charge in [0.2, 0.25) is 5.91 Å². The van der Waals surface area contributed by atoms with Crippen molar-refractivity contribution in [2.45, 2.75) is 52.1 Å². The van der Waals surface area contributed by atoms with Crippen molar-refractivity contribution in [3.8, 4) is 0 Å². The molecule has 15 nitrogen and oxygen atoms in total. The molecule has 174 valence electrons. The summed E-state index contributed by atoms with van der Waals surface area (Å²) < 4.78 is 0. The van der Waals surface area contributed by atoms with Crippen molar-refractivity contribution >= 4 is 29.8 Å². The van der Waals surface area contributed by atoms with Gasteiger partial charge in [0.1, 0.15) is 18.3 Å². The molecule has 0 aromatic rings. The maximum Gasteiger partial charge on any atom is 0.300 e. The summed E-state index contributed by atoms with van der Waals surface area (Å²) in [6.45, 7) is 3.53. The third kappa shape index (κ3) is 58.7. The van der Waals surface area contributed by atoms with Gasteiger partial charge in [0.25, 0.3) is 23.9 Å². The van der Waals surface area contributed by atoms with Crippen molar-refractivity contribution in [3.63, 3.8) is 0 Å². The molecule has 0 heterocycles. The lowest BCUT2D eigenvalue weighted by Gasteiger charge is -2.23. The van der Waals surface area contributed by atoms with Crippen LogP contribution in [0.3, 0.4) is 0 Å². The van der Waals surface area contributed by atoms with Crippen LogP contribution in [0.4, 0.5) is 0 Å². The molecule has 0 fully saturated rings. The summed E-state index contributed by atoms with van der Waals surface area (Å²) in [6, 6.07) is 0. The summed E-state index contributed by atoms with van der Waals surface area (Å²) >= 11 is 0. The molecule has 0 bridgehead atoms. The fourth-order valence-electron chi connectivity index (χ4n) is 0.691. The van der Waals surface area contributed by atoms with Gasteiger partial charge in [-0.15, -0.1) is 0 Å². The van der Waals surface area contributed by atoms with Crippen molar-refractivity contribution < 1.29 is 69.9 Å². The molecule has 0 aromatic heterocycles. The van der Waals surface area contributed by atoms with E-state index in [0.29, 0.717) is 0 Å². The number of primary amides is 1. The second kappa shape index (κ2) is 23.2. The van der Waals surface area contributed by atoms with Gasteiger partial charge < -0.3 is 51.7 Å². The minimum Gasteiger partial charge on any atom is -0.481 e. The number of carbonyl (C=O) groups excluding carboxylic acids is 1. The Labute approximate surface area is 165 Å². The summed E-state index contributed by atoms with van der Waals surface area (Å²) in [6.07, 6.45) is -7.35. The maximum atomic E-state index is 10.3. The molecular formula is C14H29NO14. The Balaban J connectivity index is -0.0000000984. The van der Waals surface area contributed by atoms with Gasteiger partial charge in [-0.05, 0) is 0 Å². The molecule has 0 aliphatic rings. The van der Waals surface area contributed by atoms with Crippen LogP contribution in [0.1, 0.15) is 27.7 Å². The van der Waals surface area contributed by atoms with Crippen molar-refractivity contribution in [1.82, 2.24) is 0 Å². The van der Waals surface area contributed by atoms with Gasteiger partial charge in [-0.3, -0.25) is 24.0 Å². The lowest BCUT2D eigenvalue weighted by Crippen LogP contribution is -2.50. The van der Waals surface area contributed by atoms with Crippen LogP contribution in [0.15, 0.2) is 0 Å². The first-order chi connectivity index (χ1) is 12.8. The normalized spacial score (nSPS) is 12.6. The Morgan fingerprint density at radius 3 is 1.00 bits per heavy atom. The summed E-state index contributed by atoms with van der Waals surface area (Å²) in [7, 11) is 0. The van der Waals surface area contributed by atoms with Gasteiger partial charge in [-0.1, -0.05) is 0 Å². The largest absolute Gasteiger partial charge is 0.481 e. The van der Waals surface area contributed by atoms with Crippen molar-refractivity contribution in [3.05, 3.63) is 0 Å². The van der Waals surface area contributed by atoms with Crippen LogP contribution in [0.5, 0.6) is 0 Å². The van der Waals surface area contributed by atoms with Crippen LogP contribution >= 0.6 is 0 Å². The average Bonchev–Trinajstić information content (AvgIpc) is 2.49. The number of carboxylic acid groups (broad SMARTS) is 4. The van der Waals surface area contributed by atoms with Gasteiger partial charge in [0, 0.05) is 27.7 Å². The fraction of sp³-hybridized carbons (Fsp3) is 0.643. The standard InChI is InChI=1S/C6H13NO6.4C2H4O2/c7-6(13)5(12)4(11)3(10)2(9)1-8;4*1-2(3)4/h2-5,8-12H,1H2,(H2,7,13);4*1H3,(H,3,4)/t2-,3-,4+,5-;;;;/m1..../s1. The van der Waals surface area contributed by atoms with Gasteiger partial charge in [0.05, 0.1) is 6.61 Å². The zero-order valence-corrected chi connectivity index (χ0v) is 16.2. The van der Waals surface area contributed by atoms with Crippen molar-refractivity contribution in [2.75, 3.05) is 6.61 Å². The second-order valence-electron chi connectivity index (χ2n) is 4.65. The number of aliphatic carboxylic acids is 4. The minimum absolute atomic E-state index is 0.802. The number of carboxylic acids is 4. The third-order valence-corrected chi connectivity index (χ3v) is 1.55. The monoisotopic (exact) mass is 435 g/mol. The fourth-order valence-corrected chi connectivity index (χ4v) is 0.691. The molecule has 0 unspecified atom stereocenters. The number of carbonyl (C=O) groups is 5. The molecule has 0 aliphatic carbocycles. The van der Waals surface area contributed by atoms with E-state index in [0.717, 1.165) is 27.7 Å². The molecule has 0 radical (unpaired) electrons. The average molecular weight is 435 g/mol. The molecule has 0 aliphatic heterocycles. The van der Waals surface area contributed by atoms with Crippen LogP contribution in [-0.2, 0) is 24.0 Å². The zero-order chi connectivity index (χ0) is 24.9. The van der Waals surface area contributed by atoms with E-state index in [1.54, 1.807) is 0 Å². The van der Waals surface area contributed by atoms with Crippen LogP contribution in [0.2, 0.25) is 0 Å². The van der Waals surface area contributed by atoms with Crippen molar-refractivity contribution in [2.24, 2.45) is 5.73 Å². The quantitative estimate of drug-likeness (QED) is 0.198. The van der Waals surface area contributed by atoms with E-state index in [-0.39, 0.29) is 0 Å². The second-order valence-corrected chi connectivity index (χ2v) is 4.65. The SMILES string of the molecule is CC(=O)O.CC(=O)O.CC(=O)O.CC(=O)O.NC(=O)[C@H](O)[C@@H](O)[C@H](O)[C@H](O)CO. The number of aliphatic hydroxyl groups is 5. The van der Waals surface area contributed by atoms with E-state index in [1.807, 2.05) is 0 Å². The van der Waals surface area contributed by atoms with E-state index in [2.05, 4.69) is 5.73 Å². The van der Waals surface area contributed by atoms with Gasteiger partial charge in [0.15, 0.2) is 6.10 Å². The summed E-state index contributed by atoms with van der Waals surface area (Å²) in [5.41, 5.74) is 4.61. The highest BCUT2D eigenvalue weighted by Gasteiger charge is 2.32. The number of hydrogen-bond donors (Lipinski definition) is 10. The Morgan fingerprint density at radius 1 is 0.655 bits per heavy atom. The molecule has 1 amide bonds. The summed E-state index contributed by atoms with van der Waals surface area (Å²) in [5, 5.41) is 73.6. The van der Waals surface area contributed by atoms with E-state index in [4.69, 9.17) is 65.1 Å². The third-order valence-electron chi connectivity index (χ3n) is 1.55. The number of nitrogens with two attached hydrogens (primary N) is 1. The van der Waals surface area contributed by atoms with Crippen LogP contribution in [0, 0.1) is 0 Å². The molecule has 0 rings (SSSR count). The highest BCUT2D eigenvalue weighted by molar-refractivity contribution is 5.79. The lowest BCUT2D eigenvalue weighted by atomic mass is 10.0. The number of aliphatic hydroxyl groups excluding tert-OH is 5. The predicted octanol–water partition coefficient (Wildman–Crippen LogP) is -3.73. The van der Waals surface area contributed by atoms with Crippen molar-refractivity contribution in [1.29, 1.82) is 0 Å². The topological polar surface area (TPSA) is 293 Å². The molecule has 15 heteroatoms. The molecular weight excluding hydrogens is 406 g/mol. The first-order valence-corrected chi connectivity index (χ1v) is 7.25. The highest BCUT2D eigenvalue weighted by atomic mass is 16.4. The smallest absolute Gasteiger partial charge is 0.300 e. The maximum absolute atomic E-state index is 10.3. The predicted molar refractivity (Wildman–Crippen MR) is 93.5 cm³/mol. The first kappa shape index (κ1) is 37.0. The molecule has 0 aromatic carbocycles. The Morgan fingerprint density at radius 2 is 0.862 bits per heavy atom. The molecule has 4 atom stereocenters. The Kier molecular flexibility index (Phi) is 29.6. The summed E-state index contributed by atoms with van der Waals surface area (Å²) in [4.78, 5) is 46.3. The van der Waals surface area contributed by atoms with Crippen LogP contribution < -0.4 is 5.73 Å². The molecule has 11 N–H and O–H groups in total. The van der Waals surface area contributed by atoms with Crippen LogP contribution in [-0.4, -0.2) is 107 Å². The van der Waals surface area contributed by atoms with E-state index in [9.17, 15) is 4.79 Å². The zero-order valence-electron chi connectivity index (χ0n) is 16.2. The lowest BCUT2D eigenvalue weighted by molar-refractivity contribution is -0.146. The Hall–Kier alpha value is -2.85. The highest BCUT2D eigenvalue weighted by Crippen LogP contribution is 2.04. The van der Waals surface area contributed by atoms with E-state index in [1.165, 1.54) is 0 Å². The summed E-state index contributed by atoms with van der Waals surface area (Å²) in [5.74, 6) is -4.56. The van der Waals surface area contributed by atoms with Gasteiger partial charge >= 0.3 is 0 Å². The van der Waals surface area contributed by atoms with Crippen LogP contribution in [0.25, 0.3) is 0 Å². The molecule has 0 saturated carbocycles. The minimum atomic E-state index is -1.98. The van der Waals surface area contributed by atoms with E-state index < -0.39 is 60.8 Å².